The number of sulfonamides is 1. The van der Waals surface area contributed by atoms with Gasteiger partial charge in [-0.15, -0.1) is 0 Å². The van der Waals surface area contributed by atoms with Crippen LogP contribution in [0.3, 0.4) is 0 Å². The van der Waals surface area contributed by atoms with E-state index in [2.05, 4.69) is 26.0 Å². The smallest absolute Gasteiger partial charge is 0.320 e. The van der Waals surface area contributed by atoms with Crippen LogP contribution in [0, 0.1) is 0 Å². The van der Waals surface area contributed by atoms with Gasteiger partial charge in [-0.3, -0.25) is 9.13 Å². The number of rotatable bonds is 6. The highest BCUT2D eigenvalue weighted by Crippen LogP contribution is 2.27. The summed E-state index contributed by atoms with van der Waals surface area (Å²) in [6.07, 6.45) is 0.694. The van der Waals surface area contributed by atoms with Gasteiger partial charge >= 0.3 is 5.69 Å². The Hall–Kier alpha value is -1.16. The van der Waals surface area contributed by atoms with Crippen molar-refractivity contribution in [1.29, 1.82) is 0 Å². The van der Waals surface area contributed by atoms with Gasteiger partial charge in [-0.1, -0.05) is 0 Å². The van der Waals surface area contributed by atoms with Crippen molar-refractivity contribution in [3.63, 3.8) is 0 Å². The van der Waals surface area contributed by atoms with Crippen LogP contribution < -0.4 is 15.7 Å². The van der Waals surface area contributed by atoms with Gasteiger partial charge in [0.2, 0.25) is 10.0 Å². The van der Waals surface area contributed by atoms with Gasteiger partial charge in [0.1, 0.15) is 0 Å². The first-order chi connectivity index (χ1) is 10.3. The van der Waals surface area contributed by atoms with E-state index in [-0.39, 0.29) is 10.6 Å². The topological polar surface area (TPSA) is 85.1 Å². The predicted molar refractivity (Wildman–Crippen MR) is 89.6 cm³/mol. The molecule has 9 heteroatoms. The second-order valence-corrected chi connectivity index (χ2v) is 7.62. The number of fused-ring (bicyclic) bond motifs is 1. The highest BCUT2D eigenvalue weighted by molar-refractivity contribution is 9.10. The van der Waals surface area contributed by atoms with Crippen molar-refractivity contribution in [3.8, 4) is 0 Å². The molecule has 2 aromatic rings. The normalized spacial score (nSPS) is 12.2. The van der Waals surface area contributed by atoms with E-state index < -0.39 is 10.0 Å². The molecule has 0 aliphatic heterocycles. The summed E-state index contributed by atoms with van der Waals surface area (Å²) >= 11 is 3.29. The number of halogens is 1. The minimum atomic E-state index is -3.63. The van der Waals surface area contributed by atoms with Crippen LogP contribution in [0.5, 0.6) is 0 Å². The molecule has 22 heavy (non-hydrogen) atoms. The van der Waals surface area contributed by atoms with Crippen molar-refractivity contribution in [3.05, 3.63) is 27.1 Å². The highest BCUT2D eigenvalue weighted by Gasteiger charge is 2.20. The Morgan fingerprint density at radius 1 is 1.14 bits per heavy atom. The Kier molecular flexibility index (Phi) is 5.10. The summed E-state index contributed by atoms with van der Waals surface area (Å²) in [6, 6.07) is 3.17. The first-order valence-electron chi connectivity index (χ1n) is 6.79. The fraction of sp³-hybridized carbons (Fsp3) is 0.462. The number of aromatic nitrogens is 2. The lowest BCUT2D eigenvalue weighted by molar-refractivity contribution is 0.577. The van der Waals surface area contributed by atoms with E-state index in [1.54, 1.807) is 20.2 Å². The van der Waals surface area contributed by atoms with Crippen LogP contribution in [0.4, 0.5) is 0 Å². The maximum Gasteiger partial charge on any atom is 0.328 e. The molecule has 0 atom stereocenters. The third kappa shape index (κ3) is 3.12. The molecular formula is C13H19BrN4O3S. The number of imidazole rings is 1. The summed E-state index contributed by atoms with van der Waals surface area (Å²) in [5.74, 6) is 0. The first-order valence-corrected chi connectivity index (χ1v) is 9.06. The number of nitrogens with zero attached hydrogens (tertiary/aromatic N) is 2. The molecule has 1 aromatic heterocycles. The lowest BCUT2D eigenvalue weighted by Crippen LogP contribution is -2.27. The third-order valence-corrected chi connectivity index (χ3v) is 5.93. The molecule has 0 fully saturated rings. The molecule has 0 unspecified atom stereocenters. The van der Waals surface area contributed by atoms with Crippen LogP contribution in [0.25, 0.3) is 11.0 Å². The van der Waals surface area contributed by atoms with Crippen molar-refractivity contribution < 1.29 is 8.42 Å². The van der Waals surface area contributed by atoms with E-state index in [4.69, 9.17) is 0 Å². The summed E-state index contributed by atoms with van der Waals surface area (Å²) in [4.78, 5) is 12.1. The Bertz CT molecular complexity index is 854. The zero-order chi connectivity index (χ0) is 16.5. The first kappa shape index (κ1) is 17.2. The maximum absolute atomic E-state index is 12.4. The molecule has 1 heterocycles. The molecule has 0 saturated carbocycles. The minimum Gasteiger partial charge on any atom is -0.320 e. The van der Waals surface area contributed by atoms with Gasteiger partial charge in [0, 0.05) is 25.1 Å². The quantitative estimate of drug-likeness (QED) is 0.704. The fourth-order valence-corrected chi connectivity index (χ4v) is 4.38. The van der Waals surface area contributed by atoms with Gasteiger partial charge in [-0.25, -0.2) is 17.9 Å². The summed E-state index contributed by atoms with van der Waals surface area (Å²) in [6.45, 7) is 1.08. The minimum absolute atomic E-state index is 0.130. The summed E-state index contributed by atoms with van der Waals surface area (Å²) in [7, 11) is 1.46. The van der Waals surface area contributed by atoms with Crippen molar-refractivity contribution >= 4 is 37.0 Å². The van der Waals surface area contributed by atoms with Crippen molar-refractivity contribution in [1.82, 2.24) is 19.2 Å². The predicted octanol–water partition coefficient (Wildman–Crippen LogP) is 0.527. The lowest BCUT2D eigenvalue weighted by atomic mass is 10.3. The van der Waals surface area contributed by atoms with Gasteiger partial charge in [0.25, 0.3) is 0 Å². The maximum atomic E-state index is 12.4. The molecule has 0 saturated heterocycles. The SMILES string of the molecule is CNCCCNS(=O)(=O)c1cc2c(cc1Br)n(C)c(=O)n2C. The number of hydrogen-bond acceptors (Lipinski definition) is 4. The standard InChI is InChI=1S/C13H19BrN4O3S/c1-15-5-4-6-16-22(20,21)12-8-11-10(7-9(12)14)17(2)13(19)18(11)3/h7-8,15-16H,4-6H2,1-3H3. The van der Waals surface area contributed by atoms with Gasteiger partial charge in [0.15, 0.2) is 0 Å². The molecule has 0 aliphatic rings. The second-order valence-electron chi connectivity index (χ2n) is 5.03. The number of nitrogens with one attached hydrogen (secondary N) is 2. The Balaban J connectivity index is 2.45. The molecule has 0 radical (unpaired) electrons. The van der Waals surface area contributed by atoms with Crippen LogP contribution in [0.15, 0.2) is 26.3 Å². The Morgan fingerprint density at radius 2 is 1.73 bits per heavy atom. The monoisotopic (exact) mass is 390 g/mol. The zero-order valence-corrected chi connectivity index (χ0v) is 15.1. The van der Waals surface area contributed by atoms with E-state index in [0.29, 0.717) is 28.5 Å². The van der Waals surface area contributed by atoms with E-state index in [1.807, 2.05) is 7.05 Å². The van der Waals surface area contributed by atoms with Crippen molar-refractivity contribution in [2.45, 2.75) is 11.3 Å². The van der Waals surface area contributed by atoms with Crippen LogP contribution in [0.2, 0.25) is 0 Å². The molecule has 0 spiro atoms. The largest absolute Gasteiger partial charge is 0.328 e. The molecule has 2 N–H and O–H groups in total. The number of benzene rings is 1. The van der Waals surface area contributed by atoms with Crippen LogP contribution in [0.1, 0.15) is 6.42 Å². The van der Waals surface area contributed by atoms with Crippen LogP contribution in [-0.2, 0) is 24.1 Å². The molecule has 0 aliphatic carbocycles. The second kappa shape index (κ2) is 6.53. The highest BCUT2D eigenvalue weighted by atomic mass is 79.9. The molecule has 122 valence electrons. The van der Waals surface area contributed by atoms with Crippen LogP contribution >= 0.6 is 15.9 Å². The van der Waals surface area contributed by atoms with E-state index in [0.717, 1.165) is 6.54 Å². The molecule has 1 aromatic carbocycles. The number of aryl methyl sites for hydroxylation is 2. The van der Waals surface area contributed by atoms with Gasteiger partial charge in [-0.05, 0) is 48.1 Å². The molecular weight excluding hydrogens is 372 g/mol. The molecule has 2 rings (SSSR count). The van der Waals surface area contributed by atoms with E-state index in [1.165, 1.54) is 15.2 Å². The Labute approximate surface area is 137 Å². The fourth-order valence-electron chi connectivity index (χ4n) is 2.26. The van der Waals surface area contributed by atoms with E-state index >= 15 is 0 Å². The van der Waals surface area contributed by atoms with Gasteiger partial charge in [0.05, 0.1) is 15.9 Å². The molecule has 0 bridgehead atoms. The summed E-state index contributed by atoms with van der Waals surface area (Å²) < 4.78 is 30.7. The van der Waals surface area contributed by atoms with Crippen LogP contribution in [-0.4, -0.2) is 37.7 Å². The van der Waals surface area contributed by atoms with E-state index in [9.17, 15) is 13.2 Å². The van der Waals surface area contributed by atoms with Crippen molar-refractivity contribution in [2.24, 2.45) is 14.1 Å². The average Bonchev–Trinajstić information content (AvgIpc) is 2.67. The lowest BCUT2D eigenvalue weighted by Gasteiger charge is -2.09. The average molecular weight is 391 g/mol. The Morgan fingerprint density at radius 3 is 2.32 bits per heavy atom. The van der Waals surface area contributed by atoms with Gasteiger partial charge in [-0.2, -0.15) is 0 Å². The third-order valence-electron chi connectivity index (χ3n) is 3.51. The number of hydrogen-bond donors (Lipinski definition) is 2. The molecule has 7 nitrogen and oxygen atoms in total. The summed E-state index contributed by atoms with van der Waals surface area (Å²) in [5.41, 5.74) is 1.05. The molecule has 0 amide bonds. The zero-order valence-electron chi connectivity index (χ0n) is 12.7. The summed E-state index contributed by atoms with van der Waals surface area (Å²) in [5, 5.41) is 2.96. The van der Waals surface area contributed by atoms with Crippen molar-refractivity contribution in [2.75, 3.05) is 20.1 Å². The van der Waals surface area contributed by atoms with Gasteiger partial charge < -0.3 is 5.32 Å².